The highest BCUT2D eigenvalue weighted by Gasteiger charge is 2.45. The lowest BCUT2D eigenvalue weighted by molar-refractivity contribution is -0.144. The van der Waals surface area contributed by atoms with Crippen LogP contribution in [0, 0.1) is 11.2 Å². The van der Waals surface area contributed by atoms with Crippen LogP contribution in [0.5, 0.6) is 0 Å². The zero-order valence-electron chi connectivity index (χ0n) is 44.9. The third-order valence-electron chi connectivity index (χ3n) is 14.6. The van der Waals surface area contributed by atoms with Crippen LogP contribution in [0.1, 0.15) is 106 Å². The van der Waals surface area contributed by atoms with Gasteiger partial charge < -0.3 is 56.1 Å². The van der Waals surface area contributed by atoms with E-state index >= 15 is 0 Å². The summed E-state index contributed by atoms with van der Waals surface area (Å²) in [7, 11) is 5.14. The third kappa shape index (κ3) is 13.9. The number of aromatic nitrogens is 3. The lowest BCUT2D eigenvalue weighted by Gasteiger charge is -2.36. The summed E-state index contributed by atoms with van der Waals surface area (Å²) >= 11 is 0. The van der Waals surface area contributed by atoms with Gasteiger partial charge in [0.25, 0.3) is 5.91 Å². The van der Waals surface area contributed by atoms with Gasteiger partial charge in [-0.1, -0.05) is 58.0 Å². The number of ether oxygens (including phenoxy) is 2. The minimum atomic E-state index is -0.863. The number of anilines is 2. The van der Waals surface area contributed by atoms with E-state index < -0.39 is 29.4 Å². The molecule has 0 aliphatic carbocycles. The van der Waals surface area contributed by atoms with Gasteiger partial charge in [0.15, 0.2) is 0 Å². The zero-order chi connectivity index (χ0) is 54.0. The largest absolute Gasteiger partial charge is 0.382 e. The normalized spacial score (nSPS) is 18.8. The number of nitrogens with one attached hydrogen (secondary N) is 4. The standard InChI is InChI=1S/C55H77FN12O7/c1-9-43(36-14-11-10-12-15-36)61-52(71)47-30-39(32-68(47)54(73)49(55(3,4)5)62-51(70)35(2)58-6)59-20-25-75-27-26-74-24-19-48(69)64(7)22-23-66-33-42-37-28-46(50(57)60-31-37)67-21-13-16-45(67)41-29-38(56)17-18-40(41)53(72)65(8)34-44(42)63-66/h10-12,14-15,17-18,28-29,31,33,35,39,43,45,47,49,58-59H,9,13,16,19-27,30,32,34H2,1-8H3,(H2,57,60)(H,61,71)(H,62,70)/t35-,39-,43+,45-,47-,49+/m1/s1. The van der Waals surface area contributed by atoms with Crippen molar-refractivity contribution in [2.45, 2.75) is 116 Å². The van der Waals surface area contributed by atoms with Gasteiger partial charge in [-0.05, 0) is 80.5 Å². The number of pyridine rings is 1. The SMILES string of the molecule is CC[C@H](NC(=O)[C@H]1C[C@@H](NCCOCCOCCC(=O)N(C)CCn2cc3c(n2)CN(C)C(=O)c2ccc(F)cc2[C@H]2CCCN2c2cc-3cnc2N)CN1C(=O)[C@H](NC(=O)[C@@H](C)NC)C(C)(C)C)c1ccccc1. The van der Waals surface area contributed by atoms with Crippen molar-refractivity contribution in [2.24, 2.45) is 5.41 Å². The number of rotatable bonds is 21. The van der Waals surface area contributed by atoms with Crippen LogP contribution in [0.3, 0.4) is 0 Å². The summed E-state index contributed by atoms with van der Waals surface area (Å²) in [5.41, 5.74) is 10.8. The van der Waals surface area contributed by atoms with Crippen molar-refractivity contribution in [1.29, 1.82) is 0 Å². The fourth-order valence-electron chi connectivity index (χ4n) is 10.1. The van der Waals surface area contributed by atoms with Gasteiger partial charge in [-0.15, -0.1) is 0 Å². The molecule has 6 atom stereocenters. The highest BCUT2D eigenvalue weighted by Crippen LogP contribution is 2.42. The van der Waals surface area contributed by atoms with Crippen molar-refractivity contribution in [1.82, 2.24) is 50.7 Å². The van der Waals surface area contributed by atoms with Gasteiger partial charge in [0.05, 0.1) is 75.4 Å². The molecule has 6 N–H and O–H groups in total. The first kappa shape index (κ1) is 56.3. The minimum Gasteiger partial charge on any atom is -0.382 e. The van der Waals surface area contributed by atoms with E-state index in [1.54, 1.807) is 59.7 Å². The van der Waals surface area contributed by atoms with Gasteiger partial charge >= 0.3 is 0 Å². The quantitative estimate of drug-likeness (QED) is 0.0730. The Morgan fingerprint density at radius 3 is 2.47 bits per heavy atom. The second-order valence-corrected chi connectivity index (χ2v) is 21.0. The van der Waals surface area contributed by atoms with Gasteiger partial charge in [-0.3, -0.25) is 28.7 Å². The van der Waals surface area contributed by atoms with E-state index in [-0.39, 0.29) is 80.4 Å². The average Bonchev–Trinajstić information content (AvgIpc) is 4.17. The number of nitrogens with zero attached hydrogens (tertiary/aromatic N) is 7. The fraction of sp³-hybridized carbons (Fsp3) is 0.545. The molecule has 7 rings (SSSR count). The lowest BCUT2D eigenvalue weighted by atomic mass is 9.85. The molecule has 2 bridgehead atoms. The highest BCUT2D eigenvalue weighted by atomic mass is 19.1. The van der Waals surface area contributed by atoms with Gasteiger partial charge in [0, 0.05) is 75.4 Å². The molecule has 4 aromatic rings. The van der Waals surface area contributed by atoms with E-state index in [9.17, 15) is 28.4 Å². The molecule has 0 spiro atoms. The minimum absolute atomic E-state index is 0.0934. The molecule has 3 aliphatic rings. The number of halogens is 1. The first-order valence-electron chi connectivity index (χ1n) is 26.3. The number of carbonyl (C=O) groups is 5. The Balaban J connectivity index is 0.873. The summed E-state index contributed by atoms with van der Waals surface area (Å²) in [4.78, 5) is 80.2. The Hall–Kier alpha value is -6.48. The van der Waals surface area contributed by atoms with Crippen LogP contribution in [0.25, 0.3) is 11.1 Å². The van der Waals surface area contributed by atoms with E-state index in [1.807, 2.05) is 70.3 Å². The van der Waals surface area contributed by atoms with Crippen molar-refractivity contribution < 1.29 is 37.8 Å². The Kier molecular flexibility index (Phi) is 19.0. The van der Waals surface area contributed by atoms with Gasteiger partial charge in [-0.2, -0.15) is 5.10 Å². The number of amides is 5. The smallest absolute Gasteiger partial charge is 0.254 e. The van der Waals surface area contributed by atoms with Gasteiger partial charge in [-0.25, -0.2) is 9.37 Å². The number of likely N-dealkylation sites (tertiary alicyclic amines) is 1. The van der Waals surface area contributed by atoms with Crippen LogP contribution in [0.15, 0.2) is 67.0 Å². The van der Waals surface area contributed by atoms with Gasteiger partial charge in [0.1, 0.15) is 23.7 Å². The molecule has 2 fully saturated rings. The Morgan fingerprint density at radius 2 is 1.75 bits per heavy atom. The zero-order valence-corrected chi connectivity index (χ0v) is 44.9. The van der Waals surface area contributed by atoms with Gasteiger partial charge in [0.2, 0.25) is 23.6 Å². The average molecular weight is 1040 g/mol. The maximum Gasteiger partial charge on any atom is 0.254 e. The number of fused-ring (bicyclic) bond motifs is 8. The molecule has 2 aromatic carbocycles. The van der Waals surface area contributed by atoms with E-state index in [0.717, 1.165) is 35.2 Å². The molecule has 19 nitrogen and oxygen atoms in total. The number of hydrogen-bond acceptors (Lipinski definition) is 13. The molecule has 0 unspecified atom stereocenters. The number of carbonyl (C=O) groups excluding carboxylic acids is 5. The van der Waals surface area contributed by atoms with Crippen molar-refractivity contribution in [3.8, 4) is 11.1 Å². The van der Waals surface area contributed by atoms with Crippen LogP contribution in [-0.4, -0.2) is 157 Å². The fourth-order valence-corrected chi connectivity index (χ4v) is 10.1. The topological polar surface area (TPSA) is 222 Å². The molecule has 5 amide bonds. The first-order chi connectivity index (χ1) is 35.9. The van der Waals surface area contributed by atoms with Crippen LogP contribution in [-0.2, 0) is 41.7 Å². The van der Waals surface area contributed by atoms with E-state index in [4.69, 9.17) is 20.3 Å². The maximum absolute atomic E-state index is 14.7. The van der Waals surface area contributed by atoms with E-state index in [2.05, 4.69) is 31.2 Å². The molecule has 0 saturated carbocycles. The number of nitrogen functional groups attached to an aromatic ring is 1. The van der Waals surface area contributed by atoms with E-state index in [0.29, 0.717) is 74.9 Å². The Labute approximate surface area is 440 Å². The molecule has 2 saturated heterocycles. The summed E-state index contributed by atoms with van der Waals surface area (Å²) < 4.78 is 28.1. The number of nitrogens with two attached hydrogens (primary N) is 1. The lowest BCUT2D eigenvalue weighted by Crippen LogP contribution is -2.59. The molecular formula is C55H77FN12O7. The molecule has 75 heavy (non-hydrogen) atoms. The second-order valence-electron chi connectivity index (χ2n) is 21.0. The van der Waals surface area contributed by atoms with E-state index in [1.165, 1.54) is 12.1 Å². The van der Waals surface area contributed by atoms with Crippen LogP contribution < -0.4 is 31.9 Å². The predicted molar refractivity (Wildman–Crippen MR) is 285 cm³/mol. The van der Waals surface area contributed by atoms with Crippen LogP contribution >= 0.6 is 0 Å². The third-order valence-corrected chi connectivity index (χ3v) is 14.6. The molecule has 0 radical (unpaired) electrons. The molecule has 5 heterocycles. The first-order valence-corrected chi connectivity index (χ1v) is 26.3. The van der Waals surface area contributed by atoms with Crippen LogP contribution in [0.4, 0.5) is 15.9 Å². The Bertz CT molecular complexity index is 2630. The molecule has 2 aromatic heterocycles. The number of likely N-dealkylation sites (N-methyl/N-ethyl adjacent to an activating group) is 2. The summed E-state index contributed by atoms with van der Waals surface area (Å²) in [5, 5.41) is 17.4. The second kappa shape index (κ2) is 25.4. The summed E-state index contributed by atoms with van der Waals surface area (Å²) in [6.07, 6.45) is 6.43. The molecule has 406 valence electrons. The van der Waals surface area contributed by atoms with Crippen LogP contribution in [0.2, 0.25) is 0 Å². The monoisotopic (exact) mass is 1040 g/mol. The number of hydrogen-bond donors (Lipinski definition) is 5. The molecular weight excluding hydrogens is 960 g/mol. The number of benzene rings is 2. The summed E-state index contributed by atoms with van der Waals surface area (Å²) in [6, 6.07) is 13.3. The Morgan fingerprint density at radius 1 is 1.00 bits per heavy atom. The maximum atomic E-state index is 14.7. The predicted octanol–water partition coefficient (Wildman–Crippen LogP) is 4.44. The summed E-state index contributed by atoms with van der Waals surface area (Å²) in [5.74, 6) is -1.24. The van der Waals surface area contributed by atoms with Crippen molar-refractivity contribution >= 4 is 41.0 Å². The highest BCUT2D eigenvalue weighted by molar-refractivity contribution is 5.96. The molecule has 20 heteroatoms. The van der Waals surface area contributed by atoms with Crippen molar-refractivity contribution in [2.75, 3.05) is 84.4 Å². The van der Waals surface area contributed by atoms with Crippen molar-refractivity contribution in [3.05, 3.63) is 95.2 Å². The summed E-state index contributed by atoms with van der Waals surface area (Å²) in [6.45, 7) is 13.0. The van der Waals surface area contributed by atoms with Crippen molar-refractivity contribution in [3.63, 3.8) is 0 Å². The molecule has 3 aliphatic heterocycles.